The largest absolute Gasteiger partial charge is 0.349 e. The normalized spacial score (nSPS) is 13.1. The van der Waals surface area contributed by atoms with E-state index in [4.69, 9.17) is 6.42 Å². The average Bonchev–Trinajstić information content (AvgIpc) is 3.52. The monoisotopic (exact) mass is 372 g/mol. The molecule has 0 aliphatic heterocycles. The predicted octanol–water partition coefficient (Wildman–Crippen LogP) is 3.56. The number of hydrogen-bond acceptors (Lipinski definition) is 2. The summed E-state index contributed by atoms with van der Waals surface area (Å²) < 4.78 is 0. The van der Waals surface area contributed by atoms with Crippen LogP contribution in [0.3, 0.4) is 0 Å². The zero-order valence-electron chi connectivity index (χ0n) is 16.0. The van der Waals surface area contributed by atoms with Gasteiger partial charge in [0.05, 0.1) is 6.54 Å². The summed E-state index contributed by atoms with van der Waals surface area (Å²) in [6.07, 6.45) is 10.8. The number of rotatable bonds is 7. The van der Waals surface area contributed by atoms with Gasteiger partial charge in [-0.3, -0.25) is 9.59 Å². The Bertz CT molecular complexity index is 901. The molecular formula is C24H24N2O2. The molecule has 28 heavy (non-hydrogen) atoms. The van der Waals surface area contributed by atoms with Crippen LogP contribution in [0.2, 0.25) is 0 Å². The molecule has 0 radical (unpaired) electrons. The Labute approximate surface area is 166 Å². The third-order valence-electron chi connectivity index (χ3n) is 4.59. The summed E-state index contributed by atoms with van der Waals surface area (Å²) in [7, 11) is 0. The van der Waals surface area contributed by atoms with Gasteiger partial charge in [-0.25, -0.2) is 0 Å². The van der Waals surface area contributed by atoms with E-state index < -0.39 is 0 Å². The van der Waals surface area contributed by atoms with Crippen LogP contribution in [-0.4, -0.2) is 29.3 Å². The van der Waals surface area contributed by atoms with Gasteiger partial charge in [-0.15, -0.1) is 6.42 Å². The summed E-state index contributed by atoms with van der Waals surface area (Å²) >= 11 is 0. The second-order valence-corrected chi connectivity index (χ2v) is 7.09. The molecule has 1 fully saturated rings. The van der Waals surface area contributed by atoms with Crippen molar-refractivity contribution in [3.63, 3.8) is 0 Å². The summed E-state index contributed by atoms with van der Waals surface area (Å²) in [5, 5.41) is 2.96. The van der Waals surface area contributed by atoms with Crippen molar-refractivity contribution < 1.29 is 9.59 Å². The van der Waals surface area contributed by atoms with Gasteiger partial charge in [0.2, 0.25) is 5.91 Å². The SMILES string of the molecule is C#CCN(Cc1ccc(C)cc1)C(=O)/C=C\c1ccc(C(=O)NC2CC2)cc1. The van der Waals surface area contributed by atoms with Crippen LogP contribution in [-0.2, 0) is 11.3 Å². The molecule has 1 aliphatic rings. The Hall–Kier alpha value is -3.32. The zero-order valence-corrected chi connectivity index (χ0v) is 16.0. The van der Waals surface area contributed by atoms with Crippen molar-refractivity contribution in [2.45, 2.75) is 32.4 Å². The minimum atomic E-state index is -0.144. The Balaban J connectivity index is 1.61. The molecule has 3 rings (SSSR count). The summed E-state index contributed by atoms with van der Waals surface area (Å²) in [5.41, 5.74) is 3.69. The van der Waals surface area contributed by atoms with E-state index in [-0.39, 0.29) is 18.4 Å². The van der Waals surface area contributed by atoms with E-state index in [1.807, 2.05) is 43.3 Å². The first-order valence-corrected chi connectivity index (χ1v) is 9.42. The highest BCUT2D eigenvalue weighted by atomic mass is 16.2. The smallest absolute Gasteiger partial charge is 0.251 e. The number of carbonyl (C=O) groups is 2. The first-order valence-electron chi connectivity index (χ1n) is 9.42. The molecule has 1 saturated carbocycles. The van der Waals surface area contributed by atoms with Gasteiger partial charge in [0.15, 0.2) is 0 Å². The molecule has 4 heteroatoms. The molecule has 0 aromatic heterocycles. The third kappa shape index (κ3) is 5.59. The molecule has 2 amide bonds. The van der Waals surface area contributed by atoms with Crippen LogP contribution in [0.25, 0.3) is 6.08 Å². The lowest BCUT2D eigenvalue weighted by atomic mass is 10.1. The van der Waals surface area contributed by atoms with Crippen LogP contribution in [0.4, 0.5) is 0 Å². The molecule has 0 bridgehead atoms. The van der Waals surface area contributed by atoms with Gasteiger partial charge in [0.1, 0.15) is 0 Å². The van der Waals surface area contributed by atoms with Crippen LogP contribution in [0.1, 0.15) is 39.9 Å². The Morgan fingerprint density at radius 1 is 1.14 bits per heavy atom. The maximum Gasteiger partial charge on any atom is 0.251 e. The summed E-state index contributed by atoms with van der Waals surface area (Å²) in [5.74, 6) is 2.35. The number of amides is 2. The molecule has 0 heterocycles. The van der Waals surface area contributed by atoms with E-state index in [1.54, 1.807) is 23.1 Å². The highest BCUT2D eigenvalue weighted by molar-refractivity contribution is 5.95. The quantitative estimate of drug-likeness (QED) is 0.597. The van der Waals surface area contributed by atoms with Crippen molar-refractivity contribution in [1.29, 1.82) is 0 Å². The number of hydrogen-bond donors (Lipinski definition) is 1. The fourth-order valence-corrected chi connectivity index (χ4v) is 2.75. The minimum absolute atomic E-state index is 0.0487. The van der Waals surface area contributed by atoms with E-state index >= 15 is 0 Å². The van der Waals surface area contributed by atoms with Gasteiger partial charge in [0, 0.05) is 24.2 Å². The summed E-state index contributed by atoms with van der Waals surface area (Å²) in [4.78, 5) is 26.2. The summed E-state index contributed by atoms with van der Waals surface area (Å²) in [6.45, 7) is 2.74. The van der Waals surface area contributed by atoms with E-state index in [9.17, 15) is 9.59 Å². The van der Waals surface area contributed by atoms with E-state index in [0.29, 0.717) is 18.2 Å². The van der Waals surface area contributed by atoms with Gasteiger partial charge in [-0.2, -0.15) is 0 Å². The fourth-order valence-electron chi connectivity index (χ4n) is 2.75. The molecule has 0 saturated heterocycles. The van der Waals surface area contributed by atoms with Gasteiger partial charge >= 0.3 is 0 Å². The van der Waals surface area contributed by atoms with Crippen molar-refractivity contribution >= 4 is 17.9 Å². The lowest BCUT2D eigenvalue weighted by molar-refractivity contribution is -0.125. The molecule has 0 spiro atoms. The van der Waals surface area contributed by atoms with Gasteiger partial charge < -0.3 is 10.2 Å². The van der Waals surface area contributed by atoms with Crippen LogP contribution in [0.15, 0.2) is 54.6 Å². The van der Waals surface area contributed by atoms with Crippen LogP contribution < -0.4 is 5.32 Å². The third-order valence-corrected chi connectivity index (χ3v) is 4.59. The molecule has 0 atom stereocenters. The maximum atomic E-state index is 12.6. The molecule has 142 valence electrons. The van der Waals surface area contributed by atoms with Crippen molar-refractivity contribution in [2.24, 2.45) is 0 Å². The van der Waals surface area contributed by atoms with Crippen molar-refractivity contribution in [3.05, 3.63) is 76.9 Å². The zero-order chi connectivity index (χ0) is 19.9. The number of carbonyl (C=O) groups excluding carboxylic acids is 2. The number of terminal acetylenes is 1. The standard InChI is InChI=1S/C24H24N2O2/c1-3-16-26(17-20-6-4-18(2)5-7-20)23(27)15-10-19-8-11-21(12-9-19)24(28)25-22-13-14-22/h1,4-12,15,22H,13-14,16-17H2,2H3,(H,25,28)/b15-10-. The molecule has 1 N–H and O–H groups in total. The average molecular weight is 372 g/mol. The van der Waals surface area contributed by atoms with Crippen LogP contribution in [0.5, 0.6) is 0 Å². The second-order valence-electron chi connectivity index (χ2n) is 7.09. The van der Waals surface area contributed by atoms with Gasteiger partial charge in [-0.05, 0) is 49.1 Å². The van der Waals surface area contributed by atoms with Crippen LogP contribution >= 0.6 is 0 Å². The molecular weight excluding hydrogens is 348 g/mol. The predicted molar refractivity (Wildman–Crippen MR) is 111 cm³/mol. The van der Waals surface area contributed by atoms with Gasteiger partial charge in [-0.1, -0.05) is 47.9 Å². The highest BCUT2D eigenvalue weighted by Gasteiger charge is 2.23. The molecule has 4 nitrogen and oxygen atoms in total. The van der Waals surface area contributed by atoms with Crippen molar-refractivity contribution in [3.8, 4) is 12.3 Å². The number of benzene rings is 2. The maximum absolute atomic E-state index is 12.6. The van der Waals surface area contributed by atoms with E-state index in [1.165, 1.54) is 11.6 Å². The second kappa shape index (κ2) is 9.05. The molecule has 1 aliphatic carbocycles. The fraction of sp³-hybridized carbons (Fsp3) is 0.250. The van der Waals surface area contributed by atoms with Crippen molar-refractivity contribution in [1.82, 2.24) is 10.2 Å². The Morgan fingerprint density at radius 2 is 1.82 bits per heavy atom. The first kappa shape index (κ1) is 19.4. The van der Waals surface area contributed by atoms with Gasteiger partial charge in [0.25, 0.3) is 5.91 Å². The lowest BCUT2D eigenvalue weighted by Crippen LogP contribution is -2.29. The number of nitrogens with one attached hydrogen (secondary N) is 1. The number of nitrogens with zero attached hydrogens (tertiary/aromatic N) is 1. The van der Waals surface area contributed by atoms with Crippen LogP contribution in [0, 0.1) is 19.3 Å². The van der Waals surface area contributed by atoms with Crippen molar-refractivity contribution in [2.75, 3.05) is 6.54 Å². The molecule has 2 aromatic rings. The minimum Gasteiger partial charge on any atom is -0.349 e. The lowest BCUT2D eigenvalue weighted by Gasteiger charge is -2.18. The molecule has 2 aromatic carbocycles. The first-order chi connectivity index (χ1) is 13.5. The highest BCUT2D eigenvalue weighted by Crippen LogP contribution is 2.19. The Kier molecular flexibility index (Phi) is 6.29. The Morgan fingerprint density at radius 3 is 2.43 bits per heavy atom. The van der Waals surface area contributed by atoms with E-state index in [2.05, 4.69) is 11.2 Å². The topological polar surface area (TPSA) is 49.4 Å². The summed E-state index contributed by atoms with van der Waals surface area (Å²) in [6, 6.07) is 15.6. The molecule has 0 unspecified atom stereocenters. The van der Waals surface area contributed by atoms with E-state index in [0.717, 1.165) is 24.0 Å². The number of aryl methyl sites for hydroxylation is 1.